The van der Waals surface area contributed by atoms with Crippen molar-refractivity contribution in [1.82, 2.24) is 4.98 Å². The highest BCUT2D eigenvalue weighted by Gasteiger charge is 2.06. The number of hydrogen-bond acceptors (Lipinski definition) is 4. The van der Waals surface area contributed by atoms with Crippen molar-refractivity contribution in [2.24, 2.45) is 4.99 Å². The Kier molecular flexibility index (Phi) is 4.01. The minimum absolute atomic E-state index is 0.106. The summed E-state index contributed by atoms with van der Waals surface area (Å²) < 4.78 is 5.38. The Morgan fingerprint density at radius 3 is 2.91 bits per heavy atom. The third-order valence-corrected chi connectivity index (χ3v) is 3.33. The fraction of sp³-hybridized carbons (Fsp3) is 0.111. The molecular weight excluding hydrogens is 276 g/mol. The van der Waals surface area contributed by atoms with Crippen LogP contribution in [0.5, 0.6) is 11.5 Å². The van der Waals surface area contributed by atoms with Crippen molar-refractivity contribution in [1.29, 1.82) is 0 Å². The lowest BCUT2D eigenvalue weighted by Crippen LogP contribution is -1.93. The van der Waals surface area contributed by atoms with E-state index in [9.17, 15) is 5.11 Å². The number of fused-ring (bicyclic) bond motifs is 1. The minimum Gasteiger partial charge on any atom is -0.504 e. The van der Waals surface area contributed by atoms with Crippen LogP contribution in [0.4, 0.5) is 5.69 Å². The first-order valence-electron chi connectivity index (χ1n) is 7.11. The van der Waals surface area contributed by atoms with Gasteiger partial charge < -0.3 is 9.84 Å². The molecule has 0 amide bonds. The normalized spacial score (nSPS) is 11.1. The molecule has 0 spiro atoms. The highest BCUT2D eigenvalue weighted by Crippen LogP contribution is 2.30. The summed E-state index contributed by atoms with van der Waals surface area (Å²) in [5, 5.41) is 12.2. The molecule has 4 heteroatoms. The third-order valence-electron chi connectivity index (χ3n) is 3.33. The molecule has 4 nitrogen and oxygen atoms in total. The maximum absolute atomic E-state index is 10.2. The van der Waals surface area contributed by atoms with Crippen LogP contribution in [-0.4, -0.2) is 22.9 Å². The van der Waals surface area contributed by atoms with Crippen molar-refractivity contribution in [3.8, 4) is 11.5 Å². The molecule has 0 aliphatic heterocycles. The smallest absolute Gasteiger partial charge is 0.166 e. The van der Waals surface area contributed by atoms with E-state index in [1.54, 1.807) is 24.5 Å². The van der Waals surface area contributed by atoms with Crippen molar-refractivity contribution in [2.75, 3.05) is 6.61 Å². The number of benzene rings is 2. The van der Waals surface area contributed by atoms with Gasteiger partial charge in [0.25, 0.3) is 0 Å². The quantitative estimate of drug-likeness (QED) is 0.737. The number of aromatic nitrogens is 1. The van der Waals surface area contributed by atoms with Crippen LogP contribution < -0.4 is 4.74 Å². The van der Waals surface area contributed by atoms with Gasteiger partial charge in [-0.25, -0.2) is 0 Å². The number of aromatic hydroxyl groups is 1. The Morgan fingerprint density at radius 1 is 1.18 bits per heavy atom. The molecule has 0 atom stereocenters. The standard InChI is InChI=1S/C18H16N2O2/c1-2-22-17-8-4-6-14(18(17)21)12-20-16-7-3-5-13-11-19-10-9-15(13)16/h3-12,21H,2H2,1H3. The number of para-hydroxylation sites is 1. The number of pyridine rings is 1. The zero-order valence-electron chi connectivity index (χ0n) is 12.2. The lowest BCUT2D eigenvalue weighted by molar-refractivity contribution is 0.318. The van der Waals surface area contributed by atoms with Crippen molar-refractivity contribution in [3.05, 3.63) is 60.4 Å². The summed E-state index contributed by atoms with van der Waals surface area (Å²) in [6.45, 7) is 2.38. The van der Waals surface area contributed by atoms with E-state index in [-0.39, 0.29) is 5.75 Å². The molecule has 0 saturated carbocycles. The number of nitrogens with zero attached hydrogens (tertiary/aromatic N) is 2. The van der Waals surface area contributed by atoms with Gasteiger partial charge in [-0.05, 0) is 31.2 Å². The zero-order chi connectivity index (χ0) is 15.4. The fourth-order valence-electron chi connectivity index (χ4n) is 2.27. The van der Waals surface area contributed by atoms with Gasteiger partial charge in [0.05, 0.1) is 12.3 Å². The van der Waals surface area contributed by atoms with Gasteiger partial charge in [-0.3, -0.25) is 9.98 Å². The zero-order valence-corrected chi connectivity index (χ0v) is 12.2. The van der Waals surface area contributed by atoms with Crippen LogP contribution in [0, 0.1) is 0 Å². The summed E-state index contributed by atoms with van der Waals surface area (Å²) >= 11 is 0. The second-order valence-corrected chi connectivity index (χ2v) is 4.76. The van der Waals surface area contributed by atoms with Gasteiger partial charge >= 0.3 is 0 Å². The molecular formula is C18H16N2O2. The van der Waals surface area contributed by atoms with Gasteiger partial charge in [-0.15, -0.1) is 0 Å². The second-order valence-electron chi connectivity index (χ2n) is 4.76. The molecule has 0 bridgehead atoms. The van der Waals surface area contributed by atoms with E-state index in [1.165, 1.54) is 0 Å². The molecule has 3 rings (SSSR count). The van der Waals surface area contributed by atoms with E-state index in [1.807, 2.05) is 43.5 Å². The molecule has 110 valence electrons. The van der Waals surface area contributed by atoms with Gasteiger partial charge in [0.15, 0.2) is 11.5 Å². The van der Waals surface area contributed by atoms with Gasteiger partial charge in [0.1, 0.15) is 0 Å². The largest absolute Gasteiger partial charge is 0.504 e. The molecule has 1 aromatic heterocycles. The van der Waals surface area contributed by atoms with Gasteiger partial charge in [0.2, 0.25) is 0 Å². The predicted octanol–water partition coefficient (Wildman–Crippen LogP) is 4.09. The van der Waals surface area contributed by atoms with Crippen LogP contribution in [-0.2, 0) is 0 Å². The van der Waals surface area contributed by atoms with Gasteiger partial charge in [-0.2, -0.15) is 0 Å². The average molecular weight is 292 g/mol. The summed E-state index contributed by atoms with van der Waals surface area (Å²) in [5.74, 6) is 0.573. The average Bonchev–Trinajstić information content (AvgIpc) is 2.56. The Bertz CT molecular complexity index is 823. The van der Waals surface area contributed by atoms with E-state index in [0.717, 1.165) is 16.5 Å². The van der Waals surface area contributed by atoms with Crippen LogP contribution in [0.2, 0.25) is 0 Å². The van der Waals surface area contributed by atoms with Gasteiger partial charge in [0, 0.05) is 34.9 Å². The van der Waals surface area contributed by atoms with E-state index in [4.69, 9.17) is 4.74 Å². The highest BCUT2D eigenvalue weighted by molar-refractivity contribution is 5.95. The molecule has 0 fully saturated rings. The van der Waals surface area contributed by atoms with E-state index < -0.39 is 0 Å². The summed E-state index contributed by atoms with van der Waals surface area (Å²) in [5.41, 5.74) is 1.46. The Morgan fingerprint density at radius 2 is 2.05 bits per heavy atom. The Balaban J connectivity index is 1.98. The summed E-state index contributed by atoms with van der Waals surface area (Å²) in [7, 11) is 0. The number of rotatable bonds is 4. The maximum atomic E-state index is 10.2. The number of hydrogen-bond donors (Lipinski definition) is 1. The molecule has 0 aliphatic carbocycles. The van der Waals surface area contributed by atoms with Crippen LogP contribution in [0.25, 0.3) is 10.8 Å². The highest BCUT2D eigenvalue weighted by atomic mass is 16.5. The van der Waals surface area contributed by atoms with Crippen LogP contribution in [0.3, 0.4) is 0 Å². The maximum Gasteiger partial charge on any atom is 0.166 e. The van der Waals surface area contributed by atoms with E-state index in [0.29, 0.717) is 17.9 Å². The number of phenols is 1. The first kappa shape index (κ1) is 14.1. The van der Waals surface area contributed by atoms with E-state index >= 15 is 0 Å². The number of ether oxygens (including phenoxy) is 1. The summed E-state index contributed by atoms with van der Waals surface area (Å²) in [4.78, 5) is 8.61. The van der Waals surface area contributed by atoms with Gasteiger partial charge in [-0.1, -0.05) is 18.2 Å². The molecule has 0 unspecified atom stereocenters. The lowest BCUT2D eigenvalue weighted by Gasteiger charge is -2.07. The number of phenolic OH excluding ortho intramolecular Hbond substituents is 1. The third kappa shape index (κ3) is 2.76. The van der Waals surface area contributed by atoms with Crippen molar-refractivity contribution < 1.29 is 9.84 Å². The van der Waals surface area contributed by atoms with E-state index in [2.05, 4.69) is 9.98 Å². The second kappa shape index (κ2) is 6.26. The Labute approximate surface area is 128 Å². The first-order chi connectivity index (χ1) is 10.8. The summed E-state index contributed by atoms with van der Waals surface area (Å²) in [6.07, 6.45) is 5.20. The van der Waals surface area contributed by atoms with Crippen LogP contribution in [0.1, 0.15) is 12.5 Å². The first-order valence-corrected chi connectivity index (χ1v) is 7.11. The van der Waals surface area contributed by atoms with Crippen molar-refractivity contribution >= 4 is 22.7 Å². The minimum atomic E-state index is 0.106. The molecule has 1 N–H and O–H groups in total. The van der Waals surface area contributed by atoms with Crippen LogP contribution >= 0.6 is 0 Å². The molecule has 0 saturated heterocycles. The molecule has 0 aliphatic rings. The monoisotopic (exact) mass is 292 g/mol. The SMILES string of the molecule is CCOc1cccc(C=Nc2cccc3cnccc23)c1O. The fourth-order valence-corrected chi connectivity index (χ4v) is 2.27. The number of aliphatic imine (C=N–C) groups is 1. The van der Waals surface area contributed by atoms with Crippen LogP contribution in [0.15, 0.2) is 59.9 Å². The molecule has 22 heavy (non-hydrogen) atoms. The van der Waals surface area contributed by atoms with Crippen molar-refractivity contribution in [3.63, 3.8) is 0 Å². The molecule has 0 radical (unpaired) electrons. The topological polar surface area (TPSA) is 54.7 Å². The van der Waals surface area contributed by atoms with Crippen molar-refractivity contribution in [2.45, 2.75) is 6.92 Å². The molecule has 3 aromatic rings. The summed E-state index contributed by atoms with van der Waals surface area (Å²) in [6, 6.07) is 13.2. The molecule has 1 heterocycles. The Hall–Kier alpha value is -2.88. The lowest BCUT2D eigenvalue weighted by atomic mass is 10.1. The molecule has 2 aromatic carbocycles. The predicted molar refractivity (Wildman–Crippen MR) is 88.3 cm³/mol.